The van der Waals surface area contributed by atoms with Gasteiger partial charge in [0, 0.05) is 45.2 Å². The van der Waals surface area contributed by atoms with Gasteiger partial charge in [-0.3, -0.25) is 19.8 Å². The van der Waals surface area contributed by atoms with Crippen molar-refractivity contribution in [3.8, 4) is 0 Å². The van der Waals surface area contributed by atoms with E-state index in [2.05, 4.69) is 25.4 Å². The third-order valence-electron chi connectivity index (χ3n) is 4.73. The van der Waals surface area contributed by atoms with Crippen LogP contribution in [0, 0.1) is 5.92 Å². The molecule has 0 spiro atoms. The number of aromatic amines is 1. The summed E-state index contributed by atoms with van der Waals surface area (Å²) in [5, 5.41) is 10.8. The van der Waals surface area contributed by atoms with Crippen LogP contribution >= 0.6 is 0 Å². The molecule has 0 unspecified atom stereocenters. The molecule has 23 heavy (non-hydrogen) atoms. The van der Waals surface area contributed by atoms with Crippen molar-refractivity contribution in [1.29, 1.82) is 0 Å². The number of hydrogen-bond acceptors (Lipinski definition) is 5. The van der Waals surface area contributed by atoms with E-state index >= 15 is 0 Å². The quantitative estimate of drug-likeness (QED) is 0.872. The van der Waals surface area contributed by atoms with Gasteiger partial charge in [-0.15, -0.1) is 0 Å². The fraction of sp³-hybridized carbons (Fsp3) is 0.562. The van der Waals surface area contributed by atoms with E-state index in [9.17, 15) is 4.79 Å². The zero-order valence-corrected chi connectivity index (χ0v) is 13.0. The van der Waals surface area contributed by atoms with Crippen molar-refractivity contribution in [2.24, 2.45) is 5.92 Å². The first kappa shape index (κ1) is 14.6. The third-order valence-corrected chi connectivity index (χ3v) is 4.73. The topological polar surface area (TPSA) is 83.1 Å². The lowest BCUT2D eigenvalue weighted by Crippen LogP contribution is -2.60. The van der Waals surface area contributed by atoms with Crippen molar-refractivity contribution in [1.82, 2.24) is 25.4 Å². The van der Waals surface area contributed by atoms with Gasteiger partial charge in [-0.05, 0) is 24.8 Å². The molecule has 4 rings (SSSR count). The number of carbonyl (C=O) groups excluding carboxylic acids is 1. The molecule has 0 aliphatic carbocycles. The molecule has 2 aliphatic rings. The zero-order valence-electron chi connectivity index (χ0n) is 13.0. The number of aromatic nitrogens is 3. The van der Waals surface area contributed by atoms with Gasteiger partial charge in [0.05, 0.1) is 16.9 Å². The molecule has 122 valence electrons. The van der Waals surface area contributed by atoms with E-state index in [1.807, 2.05) is 6.07 Å². The molecule has 7 nitrogen and oxygen atoms in total. The van der Waals surface area contributed by atoms with Gasteiger partial charge in [0.1, 0.15) is 0 Å². The molecule has 0 atom stereocenters. The Balaban J connectivity index is 1.29. The summed E-state index contributed by atoms with van der Waals surface area (Å²) in [6, 6.07) is 2.03. The zero-order chi connectivity index (χ0) is 15.6. The standard InChI is InChI=1S/C16H21N5O2/c22-16(15-13-7-17-4-1-14(13)19-20-15)18-12-9-21(10-12)8-11-2-5-23-6-3-11/h1,4,7,11-12H,2-3,5-6,8-10H2,(H,18,22)(H,19,20). The summed E-state index contributed by atoms with van der Waals surface area (Å²) in [5.41, 5.74) is 1.26. The summed E-state index contributed by atoms with van der Waals surface area (Å²) in [4.78, 5) is 18.8. The summed E-state index contributed by atoms with van der Waals surface area (Å²) in [6.07, 6.45) is 5.66. The Morgan fingerprint density at radius 2 is 2.22 bits per heavy atom. The number of ether oxygens (including phenoxy) is 1. The highest BCUT2D eigenvalue weighted by molar-refractivity contribution is 6.04. The van der Waals surface area contributed by atoms with Crippen LogP contribution in [0.1, 0.15) is 23.3 Å². The van der Waals surface area contributed by atoms with E-state index < -0.39 is 0 Å². The first-order chi connectivity index (χ1) is 11.3. The summed E-state index contributed by atoms with van der Waals surface area (Å²) < 4.78 is 5.39. The fourth-order valence-corrected chi connectivity index (χ4v) is 3.39. The number of likely N-dealkylation sites (tertiary alicyclic amines) is 1. The molecule has 2 saturated heterocycles. The van der Waals surface area contributed by atoms with Gasteiger partial charge in [-0.2, -0.15) is 5.10 Å². The van der Waals surface area contributed by atoms with Gasteiger partial charge < -0.3 is 10.1 Å². The minimum atomic E-state index is -0.125. The lowest BCUT2D eigenvalue weighted by atomic mass is 9.97. The molecule has 2 aromatic heterocycles. The van der Waals surface area contributed by atoms with E-state index in [-0.39, 0.29) is 11.9 Å². The summed E-state index contributed by atoms with van der Waals surface area (Å²) in [7, 11) is 0. The van der Waals surface area contributed by atoms with E-state index in [0.717, 1.165) is 62.5 Å². The molecule has 7 heteroatoms. The van der Waals surface area contributed by atoms with Gasteiger partial charge >= 0.3 is 0 Å². The smallest absolute Gasteiger partial charge is 0.272 e. The van der Waals surface area contributed by atoms with Crippen LogP contribution < -0.4 is 5.32 Å². The number of nitrogens with zero attached hydrogens (tertiary/aromatic N) is 3. The van der Waals surface area contributed by atoms with Crippen molar-refractivity contribution in [3.05, 3.63) is 24.2 Å². The number of carbonyl (C=O) groups is 1. The van der Waals surface area contributed by atoms with Crippen molar-refractivity contribution >= 4 is 16.8 Å². The third kappa shape index (κ3) is 3.07. The maximum Gasteiger partial charge on any atom is 0.272 e. The number of pyridine rings is 1. The van der Waals surface area contributed by atoms with Crippen molar-refractivity contribution in [3.63, 3.8) is 0 Å². The lowest BCUT2D eigenvalue weighted by molar-refractivity contribution is 0.0329. The van der Waals surface area contributed by atoms with Crippen molar-refractivity contribution in [2.75, 3.05) is 32.8 Å². The van der Waals surface area contributed by atoms with Gasteiger partial charge in [0.15, 0.2) is 5.69 Å². The highest BCUT2D eigenvalue weighted by atomic mass is 16.5. The van der Waals surface area contributed by atoms with Crippen LogP contribution in [0.4, 0.5) is 0 Å². The molecular formula is C16H21N5O2. The van der Waals surface area contributed by atoms with E-state index in [1.54, 1.807) is 12.4 Å². The van der Waals surface area contributed by atoms with Crippen molar-refractivity contribution in [2.45, 2.75) is 18.9 Å². The number of nitrogens with one attached hydrogen (secondary N) is 2. The second-order valence-corrected chi connectivity index (χ2v) is 6.44. The van der Waals surface area contributed by atoms with Crippen LogP contribution in [-0.4, -0.2) is 64.9 Å². The maximum absolute atomic E-state index is 12.4. The highest BCUT2D eigenvalue weighted by Crippen LogP contribution is 2.20. The molecule has 2 aliphatic heterocycles. The summed E-state index contributed by atoms with van der Waals surface area (Å²) >= 11 is 0. The van der Waals surface area contributed by atoms with Gasteiger partial charge in [0.25, 0.3) is 5.91 Å². The molecule has 2 N–H and O–H groups in total. The molecule has 4 heterocycles. The molecule has 2 aromatic rings. The largest absolute Gasteiger partial charge is 0.381 e. The van der Waals surface area contributed by atoms with Crippen LogP contribution in [-0.2, 0) is 4.74 Å². The SMILES string of the molecule is O=C(NC1CN(CC2CCOCC2)C1)c1n[nH]c2ccncc12. The van der Waals surface area contributed by atoms with E-state index in [1.165, 1.54) is 0 Å². The Labute approximate surface area is 134 Å². The average molecular weight is 315 g/mol. The molecule has 0 radical (unpaired) electrons. The molecule has 0 aromatic carbocycles. The number of fused-ring (bicyclic) bond motifs is 1. The molecular weight excluding hydrogens is 294 g/mol. The Bertz CT molecular complexity index is 689. The van der Waals surface area contributed by atoms with Gasteiger partial charge in [0.2, 0.25) is 0 Å². The predicted octanol–water partition coefficient (Wildman–Crippen LogP) is 0.798. The Kier molecular flexibility index (Phi) is 3.97. The molecule has 0 saturated carbocycles. The Morgan fingerprint density at radius 3 is 3.04 bits per heavy atom. The van der Waals surface area contributed by atoms with Crippen molar-refractivity contribution < 1.29 is 9.53 Å². The average Bonchev–Trinajstić information content (AvgIpc) is 2.98. The normalized spacial score (nSPS) is 20.5. The number of rotatable bonds is 4. The van der Waals surface area contributed by atoms with Crippen LogP contribution in [0.5, 0.6) is 0 Å². The Hall–Kier alpha value is -1.99. The second-order valence-electron chi connectivity index (χ2n) is 6.44. The van der Waals surface area contributed by atoms with Crippen LogP contribution in [0.15, 0.2) is 18.5 Å². The van der Waals surface area contributed by atoms with Crippen LogP contribution in [0.2, 0.25) is 0 Å². The molecule has 2 fully saturated rings. The van der Waals surface area contributed by atoms with Crippen LogP contribution in [0.25, 0.3) is 10.9 Å². The number of hydrogen-bond donors (Lipinski definition) is 2. The first-order valence-corrected chi connectivity index (χ1v) is 8.18. The molecule has 1 amide bonds. The Morgan fingerprint density at radius 1 is 1.39 bits per heavy atom. The molecule has 0 bridgehead atoms. The van der Waals surface area contributed by atoms with E-state index in [4.69, 9.17) is 4.74 Å². The second kappa shape index (κ2) is 6.25. The van der Waals surface area contributed by atoms with E-state index in [0.29, 0.717) is 5.69 Å². The van der Waals surface area contributed by atoms with Crippen LogP contribution in [0.3, 0.4) is 0 Å². The lowest BCUT2D eigenvalue weighted by Gasteiger charge is -2.41. The maximum atomic E-state index is 12.4. The summed E-state index contributed by atoms with van der Waals surface area (Å²) in [5.74, 6) is 0.613. The van der Waals surface area contributed by atoms with Gasteiger partial charge in [-0.25, -0.2) is 0 Å². The summed E-state index contributed by atoms with van der Waals surface area (Å²) in [6.45, 7) is 4.73. The number of H-pyrrole nitrogens is 1. The fourth-order valence-electron chi connectivity index (χ4n) is 3.39. The van der Waals surface area contributed by atoms with Gasteiger partial charge in [-0.1, -0.05) is 0 Å². The monoisotopic (exact) mass is 315 g/mol. The predicted molar refractivity (Wildman–Crippen MR) is 85.1 cm³/mol. The minimum Gasteiger partial charge on any atom is -0.381 e. The minimum absolute atomic E-state index is 0.125. The number of amides is 1. The highest BCUT2D eigenvalue weighted by Gasteiger charge is 2.31. The first-order valence-electron chi connectivity index (χ1n) is 8.18.